The molecule has 2 N–H and O–H groups in total. The summed E-state index contributed by atoms with van der Waals surface area (Å²) in [6, 6.07) is 3.45. The number of rotatable bonds is 3. The molecule has 0 radical (unpaired) electrons. The van der Waals surface area contributed by atoms with Crippen molar-refractivity contribution in [1.82, 2.24) is 4.31 Å². The van der Waals surface area contributed by atoms with Gasteiger partial charge in [-0.1, -0.05) is 0 Å². The van der Waals surface area contributed by atoms with Gasteiger partial charge in [0.25, 0.3) is 0 Å². The molecular formula is C13H18ClF3N2O2S. The van der Waals surface area contributed by atoms with E-state index in [4.69, 9.17) is 5.73 Å². The summed E-state index contributed by atoms with van der Waals surface area (Å²) in [5.41, 5.74) is 4.90. The molecule has 0 aromatic heterocycles. The zero-order chi connectivity index (χ0) is 15.8. The molecule has 2 atom stereocenters. The van der Waals surface area contributed by atoms with Gasteiger partial charge in [-0.2, -0.15) is 17.5 Å². The highest BCUT2D eigenvalue weighted by Gasteiger charge is 2.35. The average molecular weight is 359 g/mol. The standard InChI is InChI=1S/C13H17F3N2O2S.ClH/c1-9(17)10-6-7-18(8-10)21(19,20)12-4-2-11(3-5-12)13(14,15)16;/h2-5,9-10H,6-8,17H2,1H3;1H. The lowest BCUT2D eigenvalue weighted by Gasteiger charge is -2.18. The van der Waals surface area contributed by atoms with Gasteiger partial charge in [-0.05, 0) is 43.5 Å². The van der Waals surface area contributed by atoms with Crippen LogP contribution >= 0.6 is 12.4 Å². The summed E-state index contributed by atoms with van der Waals surface area (Å²) in [5.74, 6) is 0.0780. The molecule has 2 rings (SSSR count). The molecule has 1 aromatic rings. The van der Waals surface area contributed by atoms with Gasteiger partial charge in [0, 0.05) is 19.1 Å². The lowest BCUT2D eigenvalue weighted by atomic mass is 10.0. The van der Waals surface area contributed by atoms with Crippen LogP contribution < -0.4 is 5.73 Å². The molecule has 1 fully saturated rings. The number of benzene rings is 1. The van der Waals surface area contributed by atoms with Crippen LogP contribution in [0.3, 0.4) is 0 Å². The Morgan fingerprint density at radius 3 is 2.23 bits per heavy atom. The maximum atomic E-state index is 12.5. The molecule has 0 bridgehead atoms. The lowest BCUT2D eigenvalue weighted by molar-refractivity contribution is -0.137. The second-order valence-electron chi connectivity index (χ2n) is 5.29. The van der Waals surface area contributed by atoms with E-state index in [0.717, 1.165) is 24.3 Å². The fourth-order valence-electron chi connectivity index (χ4n) is 2.37. The molecule has 4 nitrogen and oxygen atoms in total. The first kappa shape index (κ1) is 19.2. The number of nitrogens with zero attached hydrogens (tertiary/aromatic N) is 1. The van der Waals surface area contributed by atoms with Crippen molar-refractivity contribution >= 4 is 22.4 Å². The zero-order valence-electron chi connectivity index (χ0n) is 11.9. The van der Waals surface area contributed by atoms with Crippen LogP contribution in [0.4, 0.5) is 13.2 Å². The normalized spacial score (nSPS) is 21.4. The number of alkyl halides is 3. The first-order chi connectivity index (χ1) is 9.62. The Morgan fingerprint density at radius 1 is 1.27 bits per heavy atom. The second-order valence-corrected chi connectivity index (χ2v) is 7.23. The first-order valence-corrected chi connectivity index (χ1v) is 7.99. The molecule has 9 heteroatoms. The van der Waals surface area contributed by atoms with Crippen molar-refractivity contribution in [2.75, 3.05) is 13.1 Å². The van der Waals surface area contributed by atoms with Gasteiger partial charge in [0.15, 0.2) is 0 Å². The Labute approximate surface area is 133 Å². The van der Waals surface area contributed by atoms with Crippen LogP contribution in [0.2, 0.25) is 0 Å². The van der Waals surface area contributed by atoms with Crippen LogP contribution in [-0.4, -0.2) is 31.9 Å². The summed E-state index contributed by atoms with van der Waals surface area (Å²) in [6.45, 7) is 2.47. The van der Waals surface area contributed by atoms with E-state index in [1.165, 1.54) is 4.31 Å². The maximum Gasteiger partial charge on any atom is 0.416 e. The zero-order valence-corrected chi connectivity index (χ0v) is 13.5. The van der Waals surface area contributed by atoms with Gasteiger partial charge in [-0.15, -0.1) is 12.4 Å². The summed E-state index contributed by atoms with van der Waals surface area (Å²) < 4.78 is 63.5. The van der Waals surface area contributed by atoms with Gasteiger partial charge in [0.1, 0.15) is 0 Å². The van der Waals surface area contributed by atoms with Crippen molar-refractivity contribution in [3.63, 3.8) is 0 Å². The van der Waals surface area contributed by atoms with Gasteiger partial charge < -0.3 is 5.73 Å². The van der Waals surface area contributed by atoms with Gasteiger partial charge in [0.2, 0.25) is 10.0 Å². The summed E-state index contributed by atoms with van der Waals surface area (Å²) in [5, 5.41) is 0. The molecule has 1 aromatic carbocycles. The van der Waals surface area contributed by atoms with Crippen molar-refractivity contribution in [2.45, 2.75) is 30.5 Å². The van der Waals surface area contributed by atoms with Gasteiger partial charge in [0.05, 0.1) is 10.5 Å². The molecule has 0 aliphatic carbocycles. The summed E-state index contributed by atoms with van der Waals surface area (Å²) in [7, 11) is -3.76. The molecule has 126 valence electrons. The van der Waals surface area contributed by atoms with E-state index in [0.29, 0.717) is 19.5 Å². The smallest absolute Gasteiger partial charge is 0.328 e. The fourth-order valence-corrected chi connectivity index (χ4v) is 3.88. The van der Waals surface area contributed by atoms with Crippen molar-refractivity contribution in [2.24, 2.45) is 11.7 Å². The van der Waals surface area contributed by atoms with E-state index in [1.807, 2.05) is 6.92 Å². The monoisotopic (exact) mass is 358 g/mol. The highest BCUT2D eigenvalue weighted by Crippen LogP contribution is 2.31. The van der Waals surface area contributed by atoms with E-state index in [2.05, 4.69) is 0 Å². The number of halogens is 4. The number of sulfonamides is 1. The number of hydrogen-bond acceptors (Lipinski definition) is 3. The molecule has 1 aliphatic heterocycles. The van der Waals surface area contributed by atoms with Crippen LogP contribution in [0.25, 0.3) is 0 Å². The van der Waals surface area contributed by atoms with E-state index in [1.54, 1.807) is 0 Å². The average Bonchev–Trinajstić information content (AvgIpc) is 2.88. The highest BCUT2D eigenvalue weighted by atomic mass is 35.5. The number of nitrogens with two attached hydrogens (primary N) is 1. The molecule has 0 saturated carbocycles. The van der Waals surface area contributed by atoms with Crippen molar-refractivity contribution in [3.8, 4) is 0 Å². The molecule has 0 spiro atoms. The summed E-state index contributed by atoms with van der Waals surface area (Å²) >= 11 is 0. The minimum absolute atomic E-state index is 0. The topological polar surface area (TPSA) is 63.4 Å². The molecule has 1 saturated heterocycles. The third-order valence-corrected chi connectivity index (χ3v) is 5.63. The number of hydrogen-bond donors (Lipinski definition) is 1. The molecule has 0 amide bonds. The lowest BCUT2D eigenvalue weighted by Crippen LogP contribution is -2.33. The van der Waals surface area contributed by atoms with Crippen LogP contribution in [0.5, 0.6) is 0 Å². The second kappa shape index (κ2) is 6.74. The van der Waals surface area contributed by atoms with Crippen LogP contribution in [0, 0.1) is 5.92 Å². The Kier molecular flexibility index (Phi) is 5.88. The third kappa shape index (κ3) is 3.92. The molecule has 1 aliphatic rings. The molecule has 2 unspecified atom stereocenters. The van der Waals surface area contributed by atoms with Gasteiger partial charge >= 0.3 is 6.18 Å². The minimum atomic E-state index is -4.48. The largest absolute Gasteiger partial charge is 0.416 e. The van der Waals surface area contributed by atoms with Crippen molar-refractivity contribution in [1.29, 1.82) is 0 Å². The summed E-state index contributed by atoms with van der Waals surface area (Å²) in [4.78, 5) is -0.124. The van der Waals surface area contributed by atoms with Crippen molar-refractivity contribution in [3.05, 3.63) is 29.8 Å². The molecular weight excluding hydrogens is 341 g/mol. The predicted molar refractivity (Wildman–Crippen MR) is 79.2 cm³/mol. The Morgan fingerprint density at radius 2 is 1.82 bits per heavy atom. The Bertz CT molecular complexity index is 603. The summed E-state index contributed by atoms with van der Waals surface area (Å²) in [6.07, 6.45) is -3.81. The molecule has 22 heavy (non-hydrogen) atoms. The van der Waals surface area contributed by atoms with Crippen LogP contribution in [0.15, 0.2) is 29.2 Å². The van der Waals surface area contributed by atoms with E-state index in [9.17, 15) is 21.6 Å². The quantitative estimate of drug-likeness (QED) is 0.902. The predicted octanol–water partition coefficient (Wildman–Crippen LogP) is 2.49. The SMILES string of the molecule is CC(N)C1CCN(S(=O)(=O)c2ccc(C(F)(F)F)cc2)C1.Cl. The maximum absolute atomic E-state index is 12.5. The van der Waals surface area contributed by atoms with E-state index in [-0.39, 0.29) is 29.3 Å². The van der Waals surface area contributed by atoms with Crippen LogP contribution in [-0.2, 0) is 16.2 Å². The Hall–Kier alpha value is -0.830. The van der Waals surface area contributed by atoms with E-state index >= 15 is 0 Å². The minimum Gasteiger partial charge on any atom is -0.328 e. The van der Waals surface area contributed by atoms with Gasteiger partial charge in [-0.25, -0.2) is 8.42 Å². The first-order valence-electron chi connectivity index (χ1n) is 6.55. The highest BCUT2D eigenvalue weighted by molar-refractivity contribution is 7.89. The Balaban J connectivity index is 0.00000242. The van der Waals surface area contributed by atoms with Gasteiger partial charge in [-0.3, -0.25) is 0 Å². The van der Waals surface area contributed by atoms with Crippen molar-refractivity contribution < 1.29 is 21.6 Å². The third-order valence-electron chi connectivity index (χ3n) is 3.75. The molecule has 1 heterocycles. The fraction of sp³-hybridized carbons (Fsp3) is 0.538. The van der Waals surface area contributed by atoms with Crippen LogP contribution in [0.1, 0.15) is 18.9 Å². The van der Waals surface area contributed by atoms with E-state index < -0.39 is 21.8 Å².